The Morgan fingerprint density at radius 1 is 0.673 bits per heavy atom. The van der Waals surface area contributed by atoms with Crippen molar-refractivity contribution in [3.8, 4) is 34.6 Å². The van der Waals surface area contributed by atoms with Crippen molar-refractivity contribution in [2.75, 3.05) is 0 Å². The van der Waals surface area contributed by atoms with Crippen molar-refractivity contribution in [3.63, 3.8) is 0 Å². The number of carbonyl (C=O) groups excluding carboxylic acids is 2. The number of nitriles is 2. The Bertz CT molecular complexity index is 2660. The fourth-order valence-corrected chi connectivity index (χ4v) is 8.23. The van der Waals surface area contributed by atoms with Crippen molar-refractivity contribution < 1.29 is 9.59 Å². The standard InChI is InChI=1S/C37H22N8O2S2/c1-21-29-30(22-11-5-2-6-12-22)34(32(47)28-18-24(20-39)36(41)45(43-28)26-15-9-4-10-16-26)49-37(29)48-33(21)31(46)27-17-23(19-38)35(40)44(42-27)25-13-7-3-8-14-25/h2-18,40-41H,1H3. The van der Waals surface area contributed by atoms with Crippen LogP contribution < -0.4 is 11.0 Å². The van der Waals surface area contributed by atoms with E-state index in [1.807, 2.05) is 61.5 Å². The van der Waals surface area contributed by atoms with Crippen molar-refractivity contribution in [3.05, 3.63) is 152 Å². The van der Waals surface area contributed by atoms with E-state index in [9.17, 15) is 20.1 Å². The van der Waals surface area contributed by atoms with Crippen LogP contribution in [0.4, 0.5) is 0 Å². The molecule has 0 aliphatic carbocycles. The zero-order chi connectivity index (χ0) is 34.2. The summed E-state index contributed by atoms with van der Waals surface area (Å²) in [6, 6.07) is 33.8. The molecule has 49 heavy (non-hydrogen) atoms. The average Bonchev–Trinajstić information content (AvgIpc) is 3.68. The maximum atomic E-state index is 14.3. The molecule has 4 aromatic heterocycles. The summed E-state index contributed by atoms with van der Waals surface area (Å²) in [7, 11) is 0. The Morgan fingerprint density at radius 3 is 1.57 bits per heavy atom. The summed E-state index contributed by atoms with van der Waals surface area (Å²) in [6.45, 7) is 1.82. The molecule has 7 rings (SSSR count). The van der Waals surface area contributed by atoms with Crippen molar-refractivity contribution >= 4 is 43.6 Å². The van der Waals surface area contributed by atoms with E-state index < -0.39 is 11.6 Å². The van der Waals surface area contributed by atoms with E-state index in [0.717, 1.165) is 15.0 Å². The summed E-state index contributed by atoms with van der Waals surface area (Å²) in [5.41, 5.74) is 2.86. The summed E-state index contributed by atoms with van der Waals surface area (Å²) < 4.78 is 3.28. The normalized spacial score (nSPS) is 10.8. The number of ketones is 2. The van der Waals surface area contributed by atoms with Crippen molar-refractivity contribution in [2.24, 2.45) is 0 Å². The van der Waals surface area contributed by atoms with Crippen molar-refractivity contribution in [2.45, 2.75) is 6.92 Å². The molecule has 0 aliphatic heterocycles. The van der Waals surface area contributed by atoms with Gasteiger partial charge in [0, 0.05) is 10.9 Å². The molecule has 234 valence electrons. The van der Waals surface area contributed by atoms with Crippen LogP contribution in [0.3, 0.4) is 0 Å². The van der Waals surface area contributed by atoms with E-state index in [1.54, 1.807) is 48.5 Å². The van der Waals surface area contributed by atoms with Crippen LogP contribution in [0.1, 0.15) is 47.4 Å². The number of para-hydroxylation sites is 2. The lowest BCUT2D eigenvalue weighted by Gasteiger charge is -2.10. The van der Waals surface area contributed by atoms with E-state index in [-0.39, 0.29) is 33.5 Å². The highest BCUT2D eigenvalue weighted by Gasteiger charge is 2.29. The average molecular weight is 675 g/mol. The second-order valence-corrected chi connectivity index (χ2v) is 13.2. The van der Waals surface area contributed by atoms with Crippen molar-refractivity contribution in [1.29, 1.82) is 21.3 Å². The van der Waals surface area contributed by atoms with Gasteiger partial charge in [0.1, 0.15) is 23.5 Å². The summed E-state index contributed by atoms with van der Waals surface area (Å²) in [6.07, 6.45) is 0. The highest BCUT2D eigenvalue weighted by atomic mass is 32.2. The van der Waals surface area contributed by atoms with Gasteiger partial charge in [-0.3, -0.25) is 20.4 Å². The first-order valence-electron chi connectivity index (χ1n) is 14.8. The van der Waals surface area contributed by atoms with Crippen LogP contribution in [0.5, 0.6) is 0 Å². The first-order chi connectivity index (χ1) is 23.8. The van der Waals surface area contributed by atoms with Gasteiger partial charge in [-0.25, -0.2) is 9.36 Å². The largest absolute Gasteiger partial charge is 0.286 e. The van der Waals surface area contributed by atoms with Gasteiger partial charge < -0.3 is 0 Å². The SMILES string of the molecule is Cc1c(C(=O)c2cc(C#N)c(=N)n(-c3ccccc3)n2)sc2sc(C(=O)c3cc(C#N)c(=N)n(-c4ccccc4)n3)c(-c3ccccc3)c12. The summed E-state index contributed by atoms with van der Waals surface area (Å²) in [4.78, 5) is 29.2. The molecule has 3 aromatic carbocycles. The highest BCUT2D eigenvalue weighted by molar-refractivity contribution is 7.40. The third-order valence-corrected chi connectivity index (χ3v) is 10.4. The van der Waals surface area contributed by atoms with E-state index in [1.165, 1.54) is 44.2 Å². The molecule has 0 spiro atoms. The molecule has 0 radical (unpaired) electrons. The summed E-state index contributed by atoms with van der Waals surface area (Å²) in [5.74, 6) is -0.829. The Morgan fingerprint density at radius 2 is 1.10 bits per heavy atom. The fourth-order valence-electron chi connectivity index (χ4n) is 5.51. The number of fused-ring (bicyclic) bond motifs is 1. The molecule has 0 fully saturated rings. The second-order valence-electron chi connectivity index (χ2n) is 10.9. The molecule has 0 aliphatic rings. The molecule has 0 bridgehead atoms. The first kappa shape index (κ1) is 31.0. The molecule has 0 unspecified atom stereocenters. The van der Waals surface area contributed by atoms with Gasteiger partial charge in [-0.05, 0) is 54.4 Å². The third-order valence-electron chi connectivity index (χ3n) is 7.88. The summed E-state index contributed by atoms with van der Waals surface area (Å²) >= 11 is 2.46. The zero-order valence-corrected chi connectivity index (χ0v) is 27.3. The molecule has 0 amide bonds. The van der Waals surface area contributed by atoms with Crippen molar-refractivity contribution in [1.82, 2.24) is 19.6 Å². The number of thiophene rings is 2. The smallest absolute Gasteiger partial charge is 0.223 e. The minimum Gasteiger partial charge on any atom is -0.286 e. The van der Waals surface area contributed by atoms with E-state index in [4.69, 9.17) is 10.8 Å². The van der Waals surface area contributed by atoms with E-state index in [0.29, 0.717) is 32.3 Å². The lowest BCUT2D eigenvalue weighted by molar-refractivity contribution is 0.102. The molecule has 10 nitrogen and oxygen atoms in total. The monoisotopic (exact) mass is 674 g/mol. The van der Waals surface area contributed by atoms with Gasteiger partial charge in [-0.1, -0.05) is 66.7 Å². The maximum absolute atomic E-state index is 14.3. The van der Waals surface area contributed by atoms with Crippen LogP contribution in [0.15, 0.2) is 103 Å². The molecular formula is C37H22N8O2S2. The van der Waals surface area contributed by atoms with Gasteiger partial charge in [-0.15, -0.1) is 22.7 Å². The van der Waals surface area contributed by atoms with Crippen LogP contribution in [-0.4, -0.2) is 31.1 Å². The van der Waals surface area contributed by atoms with Gasteiger partial charge in [-0.2, -0.15) is 20.7 Å². The summed E-state index contributed by atoms with van der Waals surface area (Å²) in [5, 5.41) is 46.4. The van der Waals surface area contributed by atoms with Crippen LogP contribution >= 0.6 is 22.7 Å². The van der Waals surface area contributed by atoms with Gasteiger partial charge in [0.25, 0.3) is 0 Å². The molecule has 12 heteroatoms. The Hall–Kier alpha value is -6.60. The minimum atomic E-state index is -0.420. The lowest BCUT2D eigenvalue weighted by atomic mass is 9.98. The number of rotatable bonds is 7. The van der Waals surface area contributed by atoms with E-state index in [2.05, 4.69) is 10.2 Å². The highest BCUT2D eigenvalue weighted by Crippen LogP contribution is 2.46. The third kappa shape index (κ3) is 5.37. The number of nitrogens with one attached hydrogen (secondary N) is 2. The van der Waals surface area contributed by atoms with Gasteiger partial charge in [0.2, 0.25) is 11.6 Å². The predicted octanol–water partition coefficient (Wildman–Crippen LogP) is 6.47. The molecule has 0 atom stereocenters. The molecule has 7 aromatic rings. The quantitative estimate of drug-likeness (QED) is 0.184. The molecule has 4 heterocycles. The molecule has 2 N–H and O–H groups in total. The number of benzene rings is 3. The number of hydrogen-bond acceptors (Lipinski definition) is 10. The topological polar surface area (TPSA) is 165 Å². The van der Waals surface area contributed by atoms with Crippen LogP contribution in [0.2, 0.25) is 0 Å². The number of nitrogens with zero attached hydrogens (tertiary/aromatic N) is 6. The first-order valence-corrected chi connectivity index (χ1v) is 16.4. The van der Waals surface area contributed by atoms with Gasteiger partial charge in [0.15, 0.2) is 11.0 Å². The molecular weight excluding hydrogens is 653 g/mol. The Kier molecular flexibility index (Phi) is 7.94. The van der Waals surface area contributed by atoms with Gasteiger partial charge in [0.05, 0.1) is 36.3 Å². The maximum Gasteiger partial charge on any atom is 0.223 e. The Balaban J connectivity index is 1.39. The number of hydrogen-bond donors (Lipinski definition) is 2. The number of aryl methyl sites for hydroxylation is 1. The lowest BCUT2D eigenvalue weighted by Crippen LogP contribution is -2.26. The minimum absolute atomic E-state index is 0.00146. The fraction of sp³-hybridized carbons (Fsp3) is 0.0270. The van der Waals surface area contributed by atoms with Crippen LogP contribution in [0.25, 0.3) is 31.9 Å². The van der Waals surface area contributed by atoms with Crippen LogP contribution in [0, 0.1) is 40.4 Å². The molecule has 0 saturated heterocycles. The van der Waals surface area contributed by atoms with Crippen LogP contribution in [-0.2, 0) is 0 Å². The van der Waals surface area contributed by atoms with Gasteiger partial charge >= 0.3 is 0 Å². The second kappa shape index (κ2) is 12.5. The molecule has 0 saturated carbocycles. The zero-order valence-electron chi connectivity index (χ0n) is 25.6. The number of carbonyl (C=O) groups is 2. The number of aromatic nitrogens is 4. The van der Waals surface area contributed by atoms with E-state index >= 15 is 0 Å². The Labute approximate surface area is 286 Å². The predicted molar refractivity (Wildman–Crippen MR) is 185 cm³/mol.